The van der Waals surface area contributed by atoms with Gasteiger partial charge in [0, 0.05) is 37.2 Å². The zero-order valence-electron chi connectivity index (χ0n) is 27.2. The number of hydrogen-bond donors (Lipinski definition) is 0. The average molecular weight is 811 g/mol. The van der Waals surface area contributed by atoms with Crippen LogP contribution in [-0.4, -0.2) is 18.0 Å². The van der Waals surface area contributed by atoms with Crippen molar-refractivity contribution in [3.05, 3.63) is 139 Å². The molecule has 0 atom stereocenters. The topological polar surface area (TPSA) is 25.8 Å². The van der Waals surface area contributed by atoms with Gasteiger partial charge < -0.3 is 9.97 Å². The minimum atomic E-state index is -1.23. The smallest absolute Gasteiger partial charge is 0.0795 e. The van der Waals surface area contributed by atoms with Gasteiger partial charge in [0.05, 0.1) is 8.07 Å². The van der Waals surface area contributed by atoms with Crippen LogP contribution in [0.2, 0.25) is 19.6 Å². The maximum absolute atomic E-state index is 4.62. The first-order valence-corrected chi connectivity index (χ1v) is 19.7. The van der Waals surface area contributed by atoms with E-state index in [1.165, 1.54) is 42.0 Å². The number of pyridine rings is 2. The summed E-state index contributed by atoms with van der Waals surface area (Å²) in [4.78, 5) is 9.14. The molecule has 0 bridgehead atoms. The van der Waals surface area contributed by atoms with Crippen molar-refractivity contribution in [3.63, 3.8) is 0 Å². The molecule has 0 unspecified atom stereocenters. The first-order valence-electron chi connectivity index (χ1n) is 15.4. The Balaban J connectivity index is 0.000000209. The van der Waals surface area contributed by atoms with Crippen molar-refractivity contribution in [3.8, 4) is 33.6 Å². The van der Waals surface area contributed by atoms with Crippen LogP contribution in [0.4, 0.5) is 0 Å². The van der Waals surface area contributed by atoms with Crippen LogP contribution in [0.1, 0.15) is 26.3 Å². The third-order valence-corrected chi connectivity index (χ3v) is 11.3. The molecule has 0 N–H and O–H groups in total. The molecule has 0 aliphatic heterocycles. The SMILES string of the molecule is CC(C)(C)c1ccnc(-c2[c-]cc3c(c2)sc2c(-c4ccccc4)cccc23)c1.C[Si](C)(C)c1ccc(-c2[c-]cccc2)nc1.[Ir]. The average Bonchev–Trinajstić information content (AvgIpc) is 3.43. The molecule has 46 heavy (non-hydrogen) atoms. The van der Waals surface area contributed by atoms with Crippen LogP contribution in [0.15, 0.2) is 122 Å². The molecule has 0 fully saturated rings. The van der Waals surface area contributed by atoms with E-state index in [0.717, 1.165) is 22.5 Å². The molecule has 0 saturated carbocycles. The molecule has 0 aliphatic carbocycles. The second-order valence-electron chi connectivity index (χ2n) is 13.4. The number of rotatable bonds is 4. The van der Waals surface area contributed by atoms with Gasteiger partial charge >= 0.3 is 0 Å². The summed E-state index contributed by atoms with van der Waals surface area (Å²) in [6.07, 6.45) is 3.93. The van der Waals surface area contributed by atoms with Gasteiger partial charge in [0.2, 0.25) is 0 Å². The predicted octanol–water partition coefficient (Wildman–Crippen LogP) is 11.0. The number of thiophene rings is 1. The van der Waals surface area contributed by atoms with Crippen LogP contribution >= 0.6 is 11.3 Å². The minimum absolute atomic E-state index is 0. The summed E-state index contributed by atoms with van der Waals surface area (Å²) in [5, 5.41) is 3.95. The molecule has 0 amide bonds. The van der Waals surface area contributed by atoms with Crippen molar-refractivity contribution < 1.29 is 20.1 Å². The van der Waals surface area contributed by atoms with Crippen molar-refractivity contribution in [2.45, 2.75) is 45.8 Å². The van der Waals surface area contributed by atoms with Gasteiger partial charge in [0.15, 0.2) is 0 Å². The Bertz CT molecular complexity index is 2060. The zero-order chi connectivity index (χ0) is 31.6. The van der Waals surface area contributed by atoms with Crippen LogP contribution in [0.5, 0.6) is 0 Å². The van der Waals surface area contributed by atoms with E-state index in [1.807, 2.05) is 48.0 Å². The number of hydrogen-bond acceptors (Lipinski definition) is 3. The maximum Gasteiger partial charge on any atom is 0.0795 e. The molecule has 7 rings (SSSR count). The van der Waals surface area contributed by atoms with Gasteiger partial charge in [0.25, 0.3) is 0 Å². The molecule has 2 nitrogen and oxygen atoms in total. The van der Waals surface area contributed by atoms with Gasteiger partial charge in [-0.1, -0.05) is 113 Å². The summed E-state index contributed by atoms with van der Waals surface area (Å²) in [7, 11) is -1.23. The molecule has 3 aromatic heterocycles. The third kappa shape index (κ3) is 7.45. The summed E-state index contributed by atoms with van der Waals surface area (Å²) < 4.78 is 2.61. The summed E-state index contributed by atoms with van der Waals surface area (Å²) >= 11 is 1.85. The fraction of sp³-hybridized carbons (Fsp3) is 0.171. The molecular weight excluding hydrogens is 773 g/mol. The van der Waals surface area contributed by atoms with E-state index in [4.69, 9.17) is 0 Å². The molecule has 0 spiro atoms. The second-order valence-corrected chi connectivity index (χ2v) is 19.5. The molecular formula is C41H38IrN2SSi-2. The van der Waals surface area contributed by atoms with Crippen LogP contribution in [0.25, 0.3) is 53.8 Å². The number of aromatic nitrogens is 2. The van der Waals surface area contributed by atoms with Crippen LogP contribution in [0, 0.1) is 12.1 Å². The Morgan fingerprint density at radius 3 is 2.15 bits per heavy atom. The quantitative estimate of drug-likeness (QED) is 0.131. The molecule has 4 aromatic carbocycles. The number of fused-ring (bicyclic) bond motifs is 3. The van der Waals surface area contributed by atoms with Crippen molar-refractivity contribution in [1.82, 2.24) is 9.97 Å². The minimum Gasteiger partial charge on any atom is -0.305 e. The Kier molecular flexibility index (Phi) is 10.2. The molecule has 0 saturated heterocycles. The Hall–Kier alpha value is -3.73. The van der Waals surface area contributed by atoms with Crippen LogP contribution in [0.3, 0.4) is 0 Å². The number of benzene rings is 4. The van der Waals surface area contributed by atoms with Crippen LogP contribution in [-0.2, 0) is 25.5 Å². The summed E-state index contributed by atoms with van der Waals surface area (Å²) in [6.45, 7) is 13.7. The third-order valence-electron chi connectivity index (χ3n) is 8.03. The van der Waals surface area contributed by atoms with Gasteiger partial charge in [-0.3, -0.25) is 0 Å². The zero-order valence-corrected chi connectivity index (χ0v) is 31.4. The molecule has 1 radical (unpaired) electrons. The largest absolute Gasteiger partial charge is 0.305 e. The molecule has 233 valence electrons. The Labute approximate surface area is 292 Å². The Morgan fingerprint density at radius 2 is 1.48 bits per heavy atom. The summed E-state index contributed by atoms with van der Waals surface area (Å²) in [6, 6.07) is 44.8. The maximum atomic E-state index is 4.62. The van der Waals surface area contributed by atoms with Gasteiger partial charge in [-0.2, -0.15) is 11.3 Å². The van der Waals surface area contributed by atoms with Crippen molar-refractivity contribution >= 4 is 44.8 Å². The van der Waals surface area contributed by atoms with E-state index in [1.54, 1.807) is 0 Å². The molecule has 3 heterocycles. The van der Waals surface area contributed by atoms with Gasteiger partial charge in [0.1, 0.15) is 0 Å². The molecule has 0 aliphatic rings. The first kappa shape index (κ1) is 33.6. The van der Waals surface area contributed by atoms with E-state index in [-0.39, 0.29) is 25.5 Å². The van der Waals surface area contributed by atoms with Crippen molar-refractivity contribution in [2.75, 3.05) is 0 Å². The predicted molar refractivity (Wildman–Crippen MR) is 197 cm³/mol. The molecule has 7 aromatic rings. The van der Waals surface area contributed by atoms with E-state index in [9.17, 15) is 0 Å². The fourth-order valence-corrected chi connectivity index (χ4v) is 7.62. The standard InChI is InChI=1S/C27H22NS.C14H16NSi.Ir/c1-27(2,3)20-14-15-28-24(17-20)19-12-13-22-23-11-7-10-21(18-8-5-4-6-9-18)26(23)29-25(22)16-19;1-16(2,3)13-9-10-14(15-11-13)12-7-5-4-6-8-12;/h4-11,13-17H,1-3H3;4-7,9-11H,1-3H3;/q2*-1;. The fourth-order valence-electron chi connectivity index (χ4n) is 5.32. The number of nitrogens with zero attached hydrogens (tertiary/aromatic N) is 2. The van der Waals surface area contributed by atoms with Gasteiger partial charge in [-0.25, -0.2) is 0 Å². The van der Waals surface area contributed by atoms with Crippen LogP contribution < -0.4 is 5.19 Å². The van der Waals surface area contributed by atoms with Crippen molar-refractivity contribution in [2.24, 2.45) is 0 Å². The monoisotopic (exact) mass is 811 g/mol. The van der Waals surface area contributed by atoms with E-state index in [2.05, 4.69) is 147 Å². The van der Waals surface area contributed by atoms with E-state index in [0.29, 0.717) is 0 Å². The second kappa shape index (κ2) is 13.9. The first-order chi connectivity index (χ1) is 21.6. The van der Waals surface area contributed by atoms with Gasteiger partial charge in [-0.15, -0.1) is 59.7 Å². The van der Waals surface area contributed by atoms with Gasteiger partial charge in [-0.05, 0) is 54.8 Å². The van der Waals surface area contributed by atoms with E-state index < -0.39 is 8.07 Å². The summed E-state index contributed by atoms with van der Waals surface area (Å²) in [5.74, 6) is 0. The molecule has 5 heteroatoms. The van der Waals surface area contributed by atoms with Crippen molar-refractivity contribution in [1.29, 1.82) is 0 Å². The normalized spacial score (nSPS) is 11.5. The van der Waals surface area contributed by atoms with E-state index >= 15 is 0 Å². The summed E-state index contributed by atoms with van der Waals surface area (Å²) in [5.41, 5.74) is 8.04. The Morgan fingerprint density at radius 1 is 0.696 bits per heavy atom.